The Morgan fingerprint density at radius 2 is 2.05 bits per heavy atom. The standard InChI is InChI=1S/C16H29N3O/c1-2-5-16(6-8-17-9-7-16)15(20)19-12-11-18-10-3-4-14(18)13-19/h14,17H,2-13H2,1H3. The minimum atomic E-state index is -0.0548. The van der Waals surface area contributed by atoms with Crippen LogP contribution in [0, 0.1) is 5.41 Å². The zero-order valence-electron chi connectivity index (χ0n) is 12.9. The highest BCUT2D eigenvalue weighted by molar-refractivity contribution is 5.83. The van der Waals surface area contributed by atoms with Gasteiger partial charge in [0.2, 0.25) is 5.91 Å². The van der Waals surface area contributed by atoms with Crippen LogP contribution in [0.4, 0.5) is 0 Å². The number of nitrogens with zero attached hydrogens (tertiary/aromatic N) is 2. The van der Waals surface area contributed by atoms with Crippen LogP contribution in [-0.4, -0.2) is 61.0 Å². The van der Waals surface area contributed by atoms with Crippen molar-refractivity contribution in [1.82, 2.24) is 15.1 Å². The highest BCUT2D eigenvalue weighted by Crippen LogP contribution is 2.37. The molecular formula is C16H29N3O. The van der Waals surface area contributed by atoms with E-state index in [9.17, 15) is 4.79 Å². The fraction of sp³-hybridized carbons (Fsp3) is 0.938. The first-order valence-corrected chi connectivity index (χ1v) is 8.49. The average Bonchev–Trinajstić information content (AvgIpc) is 2.95. The second-order valence-corrected chi connectivity index (χ2v) is 6.86. The summed E-state index contributed by atoms with van der Waals surface area (Å²) in [5, 5.41) is 3.41. The molecule has 1 unspecified atom stereocenters. The molecule has 3 fully saturated rings. The van der Waals surface area contributed by atoms with Crippen molar-refractivity contribution in [2.45, 2.75) is 51.5 Å². The monoisotopic (exact) mass is 279 g/mol. The molecule has 4 nitrogen and oxygen atoms in total. The van der Waals surface area contributed by atoms with E-state index < -0.39 is 0 Å². The molecule has 1 amide bonds. The van der Waals surface area contributed by atoms with Crippen LogP contribution in [0.25, 0.3) is 0 Å². The van der Waals surface area contributed by atoms with Crippen LogP contribution in [0.5, 0.6) is 0 Å². The summed E-state index contributed by atoms with van der Waals surface area (Å²) in [7, 11) is 0. The molecule has 0 radical (unpaired) electrons. The number of carbonyl (C=O) groups excluding carboxylic acids is 1. The minimum Gasteiger partial charge on any atom is -0.339 e. The van der Waals surface area contributed by atoms with Crippen LogP contribution in [-0.2, 0) is 4.79 Å². The summed E-state index contributed by atoms with van der Waals surface area (Å²) in [4.78, 5) is 17.9. The van der Waals surface area contributed by atoms with Gasteiger partial charge in [-0.1, -0.05) is 13.3 Å². The van der Waals surface area contributed by atoms with Crippen LogP contribution >= 0.6 is 0 Å². The lowest BCUT2D eigenvalue weighted by Gasteiger charge is -2.44. The summed E-state index contributed by atoms with van der Waals surface area (Å²) in [6, 6.07) is 0.646. The molecule has 0 aromatic heterocycles. The quantitative estimate of drug-likeness (QED) is 0.849. The van der Waals surface area contributed by atoms with Gasteiger partial charge in [-0.3, -0.25) is 9.69 Å². The minimum absolute atomic E-state index is 0.0548. The van der Waals surface area contributed by atoms with Crippen LogP contribution in [0.15, 0.2) is 0 Å². The maximum Gasteiger partial charge on any atom is 0.228 e. The van der Waals surface area contributed by atoms with Crippen LogP contribution < -0.4 is 5.32 Å². The summed E-state index contributed by atoms with van der Waals surface area (Å²) in [6.07, 6.45) is 6.85. The van der Waals surface area contributed by atoms with Crippen LogP contribution in [0.1, 0.15) is 45.4 Å². The molecule has 0 aromatic carbocycles. The Bertz CT molecular complexity index is 346. The number of rotatable bonds is 3. The van der Waals surface area contributed by atoms with E-state index in [0.29, 0.717) is 11.9 Å². The number of carbonyl (C=O) groups is 1. The van der Waals surface area contributed by atoms with Crippen LogP contribution in [0.3, 0.4) is 0 Å². The third-order valence-corrected chi connectivity index (χ3v) is 5.62. The number of hydrogen-bond acceptors (Lipinski definition) is 3. The lowest BCUT2D eigenvalue weighted by atomic mass is 9.74. The van der Waals surface area contributed by atoms with Crippen molar-refractivity contribution in [1.29, 1.82) is 0 Å². The second kappa shape index (κ2) is 6.02. The Balaban J connectivity index is 1.69. The molecule has 0 spiro atoms. The van der Waals surface area contributed by atoms with Gasteiger partial charge in [0, 0.05) is 25.7 Å². The fourth-order valence-electron chi connectivity index (χ4n) is 4.47. The first-order chi connectivity index (χ1) is 9.75. The first kappa shape index (κ1) is 14.3. The van der Waals surface area contributed by atoms with E-state index in [1.165, 1.54) is 19.4 Å². The van der Waals surface area contributed by atoms with Crippen molar-refractivity contribution in [2.75, 3.05) is 39.3 Å². The van der Waals surface area contributed by atoms with Crippen LogP contribution in [0.2, 0.25) is 0 Å². The van der Waals surface area contributed by atoms with E-state index in [2.05, 4.69) is 22.0 Å². The maximum absolute atomic E-state index is 13.1. The van der Waals surface area contributed by atoms with Gasteiger partial charge in [0.25, 0.3) is 0 Å². The average molecular weight is 279 g/mol. The molecule has 0 aliphatic carbocycles. The molecule has 4 heteroatoms. The normalized spacial score (nSPS) is 30.2. The lowest BCUT2D eigenvalue weighted by molar-refractivity contribution is -0.147. The van der Waals surface area contributed by atoms with Gasteiger partial charge < -0.3 is 10.2 Å². The molecule has 3 heterocycles. The van der Waals surface area contributed by atoms with E-state index in [0.717, 1.165) is 58.4 Å². The Morgan fingerprint density at radius 3 is 2.80 bits per heavy atom. The Kier molecular flexibility index (Phi) is 4.32. The van der Waals surface area contributed by atoms with E-state index in [1.807, 2.05) is 0 Å². The molecule has 0 bridgehead atoms. The van der Waals surface area contributed by atoms with Crippen molar-refractivity contribution in [3.63, 3.8) is 0 Å². The fourth-order valence-corrected chi connectivity index (χ4v) is 4.47. The second-order valence-electron chi connectivity index (χ2n) is 6.86. The predicted octanol–water partition coefficient (Wildman–Crippen LogP) is 1.46. The zero-order valence-corrected chi connectivity index (χ0v) is 12.9. The van der Waals surface area contributed by atoms with Crippen molar-refractivity contribution in [2.24, 2.45) is 5.41 Å². The van der Waals surface area contributed by atoms with Crippen molar-refractivity contribution < 1.29 is 4.79 Å². The zero-order chi connectivity index (χ0) is 14.0. The number of nitrogens with one attached hydrogen (secondary N) is 1. The number of amides is 1. The Morgan fingerprint density at radius 1 is 1.25 bits per heavy atom. The molecule has 3 rings (SSSR count). The van der Waals surface area contributed by atoms with E-state index in [1.54, 1.807) is 0 Å². The van der Waals surface area contributed by atoms with Crippen molar-refractivity contribution in [3.8, 4) is 0 Å². The third kappa shape index (κ3) is 2.60. The molecule has 3 aliphatic heterocycles. The van der Waals surface area contributed by atoms with Gasteiger partial charge in [-0.05, 0) is 51.7 Å². The van der Waals surface area contributed by atoms with E-state index >= 15 is 0 Å². The Hall–Kier alpha value is -0.610. The van der Waals surface area contributed by atoms with Crippen molar-refractivity contribution in [3.05, 3.63) is 0 Å². The molecule has 0 saturated carbocycles. The molecule has 20 heavy (non-hydrogen) atoms. The van der Waals surface area contributed by atoms with Gasteiger partial charge in [0.05, 0.1) is 5.41 Å². The van der Waals surface area contributed by atoms with Gasteiger partial charge in [0.15, 0.2) is 0 Å². The Labute approximate surface area is 122 Å². The molecule has 114 valence electrons. The highest BCUT2D eigenvalue weighted by Gasteiger charge is 2.43. The van der Waals surface area contributed by atoms with E-state index in [4.69, 9.17) is 0 Å². The first-order valence-electron chi connectivity index (χ1n) is 8.49. The van der Waals surface area contributed by atoms with Gasteiger partial charge in [-0.25, -0.2) is 0 Å². The lowest BCUT2D eigenvalue weighted by Crippen LogP contribution is -2.57. The largest absolute Gasteiger partial charge is 0.339 e. The SMILES string of the molecule is CCCC1(C(=O)N2CCN3CCCC3C2)CCNCC1. The van der Waals surface area contributed by atoms with Crippen molar-refractivity contribution >= 4 is 5.91 Å². The molecule has 1 N–H and O–H groups in total. The van der Waals surface area contributed by atoms with Gasteiger partial charge >= 0.3 is 0 Å². The predicted molar refractivity (Wildman–Crippen MR) is 80.6 cm³/mol. The number of piperidine rings is 1. The van der Waals surface area contributed by atoms with Gasteiger partial charge in [-0.15, -0.1) is 0 Å². The number of hydrogen-bond donors (Lipinski definition) is 1. The molecule has 1 atom stereocenters. The van der Waals surface area contributed by atoms with Gasteiger partial charge in [-0.2, -0.15) is 0 Å². The molecule has 3 saturated heterocycles. The smallest absolute Gasteiger partial charge is 0.228 e. The van der Waals surface area contributed by atoms with E-state index in [-0.39, 0.29) is 5.41 Å². The topological polar surface area (TPSA) is 35.6 Å². The molecular weight excluding hydrogens is 250 g/mol. The number of piperazine rings is 1. The highest BCUT2D eigenvalue weighted by atomic mass is 16.2. The van der Waals surface area contributed by atoms with Gasteiger partial charge in [0.1, 0.15) is 0 Å². The third-order valence-electron chi connectivity index (χ3n) is 5.62. The summed E-state index contributed by atoms with van der Waals surface area (Å²) >= 11 is 0. The summed E-state index contributed by atoms with van der Waals surface area (Å²) in [5.41, 5.74) is -0.0548. The molecule has 0 aromatic rings. The maximum atomic E-state index is 13.1. The summed E-state index contributed by atoms with van der Waals surface area (Å²) in [5.74, 6) is 0.465. The summed E-state index contributed by atoms with van der Waals surface area (Å²) < 4.78 is 0. The molecule has 3 aliphatic rings. The summed E-state index contributed by atoms with van der Waals surface area (Å²) in [6.45, 7) is 8.51. The number of fused-ring (bicyclic) bond motifs is 1.